The molecule has 1 aliphatic heterocycles. The van der Waals surface area contributed by atoms with E-state index < -0.39 is 6.09 Å². The fourth-order valence-electron chi connectivity index (χ4n) is 3.87. The summed E-state index contributed by atoms with van der Waals surface area (Å²) >= 11 is 0. The Labute approximate surface area is 147 Å². The quantitative estimate of drug-likeness (QED) is 0.800. The standard InChI is InChI=1S/C20H22N2O3/c23-11-14-9-13(10-21-14)22-20(24)25-12-19-17-7-3-1-5-15(17)16-6-2-4-8-18(16)19/h1-8,13-14,19,21,23H,9-12H2,(H,22,24)/t13-,14+/m1/s1. The van der Waals surface area contributed by atoms with E-state index in [4.69, 9.17) is 9.84 Å². The second kappa shape index (κ2) is 6.86. The van der Waals surface area contributed by atoms with E-state index >= 15 is 0 Å². The van der Waals surface area contributed by atoms with Crippen LogP contribution in [-0.2, 0) is 4.74 Å². The molecule has 1 saturated heterocycles. The lowest BCUT2D eigenvalue weighted by Gasteiger charge is -2.16. The van der Waals surface area contributed by atoms with Crippen LogP contribution in [0.25, 0.3) is 11.1 Å². The summed E-state index contributed by atoms with van der Waals surface area (Å²) < 4.78 is 5.53. The van der Waals surface area contributed by atoms with Gasteiger partial charge in [0, 0.05) is 24.5 Å². The van der Waals surface area contributed by atoms with Crippen LogP contribution in [0.15, 0.2) is 48.5 Å². The number of amides is 1. The summed E-state index contributed by atoms with van der Waals surface area (Å²) in [5.41, 5.74) is 4.86. The Hall–Kier alpha value is -2.37. The maximum Gasteiger partial charge on any atom is 0.407 e. The van der Waals surface area contributed by atoms with Gasteiger partial charge in [-0.25, -0.2) is 4.79 Å². The van der Waals surface area contributed by atoms with Crippen LogP contribution in [0.5, 0.6) is 0 Å². The second-order valence-corrected chi connectivity index (χ2v) is 6.69. The lowest BCUT2D eigenvalue weighted by molar-refractivity contribution is 0.139. The minimum Gasteiger partial charge on any atom is -0.449 e. The van der Waals surface area contributed by atoms with Crippen LogP contribution >= 0.6 is 0 Å². The predicted octanol–water partition coefficient (Wildman–Crippen LogP) is 2.25. The SMILES string of the molecule is O=C(N[C@H]1CN[C@H](CO)C1)OCC1c2ccccc2-c2ccccc21. The van der Waals surface area contributed by atoms with E-state index in [9.17, 15) is 4.79 Å². The van der Waals surface area contributed by atoms with E-state index in [-0.39, 0.29) is 24.6 Å². The first-order chi connectivity index (χ1) is 12.3. The van der Waals surface area contributed by atoms with E-state index in [1.807, 2.05) is 24.3 Å². The third-order valence-corrected chi connectivity index (χ3v) is 5.11. The molecule has 130 valence electrons. The molecule has 0 aromatic heterocycles. The van der Waals surface area contributed by atoms with Gasteiger partial charge in [0.2, 0.25) is 0 Å². The molecular weight excluding hydrogens is 316 g/mol. The molecule has 0 saturated carbocycles. The number of ether oxygens (including phenoxy) is 1. The molecule has 25 heavy (non-hydrogen) atoms. The highest BCUT2D eigenvalue weighted by atomic mass is 16.5. The average molecular weight is 338 g/mol. The first-order valence-electron chi connectivity index (χ1n) is 8.72. The summed E-state index contributed by atoms with van der Waals surface area (Å²) in [6, 6.07) is 16.6. The Kier molecular flexibility index (Phi) is 4.42. The van der Waals surface area contributed by atoms with Crippen LogP contribution in [0.2, 0.25) is 0 Å². The van der Waals surface area contributed by atoms with Crippen molar-refractivity contribution in [1.29, 1.82) is 0 Å². The number of hydrogen-bond acceptors (Lipinski definition) is 4. The van der Waals surface area contributed by atoms with Gasteiger partial charge in [0.05, 0.1) is 6.61 Å². The van der Waals surface area contributed by atoms with Gasteiger partial charge in [-0.15, -0.1) is 0 Å². The molecule has 5 heteroatoms. The van der Waals surface area contributed by atoms with Crippen LogP contribution in [-0.4, -0.2) is 43.0 Å². The summed E-state index contributed by atoms with van der Waals surface area (Å²) in [5, 5.41) is 15.2. The minimum absolute atomic E-state index is 0.00722. The van der Waals surface area contributed by atoms with Crippen LogP contribution < -0.4 is 10.6 Å². The van der Waals surface area contributed by atoms with Crippen molar-refractivity contribution in [3.63, 3.8) is 0 Å². The topological polar surface area (TPSA) is 70.6 Å². The Morgan fingerprint density at radius 2 is 1.76 bits per heavy atom. The van der Waals surface area contributed by atoms with Gasteiger partial charge < -0.3 is 20.5 Å². The van der Waals surface area contributed by atoms with E-state index in [1.165, 1.54) is 22.3 Å². The van der Waals surface area contributed by atoms with Gasteiger partial charge in [0.15, 0.2) is 0 Å². The minimum atomic E-state index is -0.396. The summed E-state index contributed by atoms with van der Waals surface area (Å²) in [7, 11) is 0. The molecule has 4 rings (SSSR count). The fourth-order valence-corrected chi connectivity index (χ4v) is 3.87. The van der Waals surface area contributed by atoms with E-state index in [2.05, 4.69) is 34.9 Å². The third-order valence-electron chi connectivity index (χ3n) is 5.11. The number of benzene rings is 2. The number of rotatable bonds is 4. The molecule has 1 heterocycles. The van der Waals surface area contributed by atoms with Crippen molar-refractivity contribution in [2.24, 2.45) is 0 Å². The van der Waals surface area contributed by atoms with E-state index in [1.54, 1.807) is 0 Å². The summed E-state index contributed by atoms with van der Waals surface area (Å²) in [5.74, 6) is 0.0741. The highest BCUT2D eigenvalue weighted by Crippen LogP contribution is 2.44. The Bertz CT molecular complexity index is 732. The third kappa shape index (κ3) is 3.13. The van der Waals surface area contributed by atoms with Crippen molar-refractivity contribution in [3.8, 4) is 11.1 Å². The molecule has 1 aliphatic carbocycles. The molecule has 3 N–H and O–H groups in total. The predicted molar refractivity (Wildman–Crippen MR) is 95.5 cm³/mol. The lowest BCUT2D eigenvalue weighted by Crippen LogP contribution is -2.37. The fraction of sp³-hybridized carbons (Fsp3) is 0.350. The monoisotopic (exact) mass is 338 g/mol. The number of carbonyl (C=O) groups excluding carboxylic acids is 1. The summed E-state index contributed by atoms with van der Waals surface area (Å²) in [4.78, 5) is 12.2. The van der Waals surface area contributed by atoms with Gasteiger partial charge in [-0.2, -0.15) is 0 Å². The smallest absolute Gasteiger partial charge is 0.407 e. The van der Waals surface area contributed by atoms with Crippen LogP contribution in [0, 0.1) is 0 Å². The number of carbonyl (C=O) groups is 1. The molecule has 2 aromatic rings. The van der Waals surface area contributed by atoms with Crippen molar-refractivity contribution in [2.75, 3.05) is 19.8 Å². The summed E-state index contributed by atoms with van der Waals surface area (Å²) in [6.07, 6.45) is 0.327. The molecule has 0 unspecified atom stereocenters. The zero-order valence-corrected chi connectivity index (χ0v) is 13.9. The molecule has 1 amide bonds. The van der Waals surface area contributed by atoms with Gasteiger partial charge in [-0.05, 0) is 28.7 Å². The molecule has 1 fully saturated rings. The zero-order chi connectivity index (χ0) is 17.2. The molecule has 0 spiro atoms. The zero-order valence-electron chi connectivity index (χ0n) is 13.9. The lowest BCUT2D eigenvalue weighted by atomic mass is 9.98. The van der Waals surface area contributed by atoms with Crippen molar-refractivity contribution in [2.45, 2.75) is 24.4 Å². The Morgan fingerprint density at radius 1 is 1.12 bits per heavy atom. The van der Waals surface area contributed by atoms with Gasteiger partial charge in [-0.3, -0.25) is 0 Å². The second-order valence-electron chi connectivity index (χ2n) is 6.69. The normalized spacial score (nSPS) is 21.6. The Morgan fingerprint density at radius 3 is 2.36 bits per heavy atom. The average Bonchev–Trinajstić information content (AvgIpc) is 3.22. The maximum atomic E-state index is 12.2. The van der Waals surface area contributed by atoms with E-state index in [0.717, 1.165) is 6.42 Å². The molecule has 2 aliphatic rings. The van der Waals surface area contributed by atoms with Crippen LogP contribution in [0.3, 0.4) is 0 Å². The van der Waals surface area contributed by atoms with Crippen LogP contribution in [0.4, 0.5) is 4.79 Å². The molecule has 0 radical (unpaired) electrons. The number of aliphatic hydroxyl groups is 1. The molecular formula is C20H22N2O3. The maximum absolute atomic E-state index is 12.2. The van der Waals surface area contributed by atoms with E-state index in [0.29, 0.717) is 13.2 Å². The van der Waals surface area contributed by atoms with Crippen molar-refractivity contribution in [1.82, 2.24) is 10.6 Å². The van der Waals surface area contributed by atoms with Gasteiger partial charge in [-0.1, -0.05) is 48.5 Å². The van der Waals surface area contributed by atoms with Gasteiger partial charge in [0.25, 0.3) is 0 Å². The largest absolute Gasteiger partial charge is 0.449 e. The Balaban J connectivity index is 1.42. The van der Waals surface area contributed by atoms with Crippen molar-refractivity contribution < 1.29 is 14.6 Å². The van der Waals surface area contributed by atoms with Crippen LogP contribution in [0.1, 0.15) is 23.5 Å². The number of nitrogens with one attached hydrogen (secondary N) is 2. The number of aliphatic hydroxyl groups excluding tert-OH is 1. The van der Waals surface area contributed by atoms with Gasteiger partial charge >= 0.3 is 6.09 Å². The molecule has 0 bridgehead atoms. The highest BCUT2D eigenvalue weighted by Gasteiger charge is 2.30. The first-order valence-corrected chi connectivity index (χ1v) is 8.72. The first kappa shape index (κ1) is 16.1. The van der Waals surface area contributed by atoms with Gasteiger partial charge in [0.1, 0.15) is 6.61 Å². The number of hydrogen-bond donors (Lipinski definition) is 3. The number of alkyl carbamates (subject to hydrolysis) is 1. The highest BCUT2D eigenvalue weighted by molar-refractivity contribution is 5.79. The summed E-state index contributed by atoms with van der Waals surface area (Å²) in [6.45, 7) is 1.07. The van der Waals surface area contributed by atoms with Crippen molar-refractivity contribution in [3.05, 3.63) is 59.7 Å². The molecule has 2 aromatic carbocycles. The molecule has 5 nitrogen and oxygen atoms in total. The number of fused-ring (bicyclic) bond motifs is 3. The van der Waals surface area contributed by atoms with Crippen molar-refractivity contribution >= 4 is 6.09 Å². The molecule has 2 atom stereocenters.